The molecule has 0 spiro atoms. The van der Waals surface area contributed by atoms with Gasteiger partial charge in [-0.25, -0.2) is 0 Å². The van der Waals surface area contributed by atoms with Gasteiger partial charge in [-0.15, -0.1) is 0 Å². The molecule has 0 bridgehead atoms. The molecule has 0 atom stereocenters. The largest absolute Gasteiger partial charge is 0.398 e. The summed E-state index contributed by atoms with van der Waals surface area (Å²) in [5.41, 5.74) is 9.23. The Morgan fingerprint density at radius 1 is 1.11 bits per heavy atom. The maximum atomic E-state index is 12.3. The van der Waals surface area contributed by atoms with Gasteiger partial charge in [0.2, 0.25) is 0 Å². The lowest BCUT2D eigenvalue weighted by Gasteiger charge is -2.21. The Morgan fingerprint density at radius 2 is 1.72 bits per heavy atom. The Bertz CT molecular complexity index is 441. The van der Waals surface area contributed by atoms with Gasteiger partial charge in [-0.1, -0.05) is 6.07 Å². The van der Waals surface area contributed by atoms with Crippen molar-refractivity contribution >= 4 is 11.6 Å². The van der Waals surface area contributed by atoms with Crippen LogP contribution in [0.2, 0.25) is 0 Å². The lowest BCUT2D eigenvalue weighted by Crippen LogP contribution is -2.33. The first kappa shape index (κ1) is 14.5. The summed E-state index contributed by atoms with van der Waals surface area (Å²) in [5, 5.41) is 0. The molecule has 1 rings (SSSR count). The van der Waals surface area contributed by atoms with Crippen LogP contribution >= 0.6 is 0 Å². The molecule has 0 aliphatic rings. The van der Waals surface area contributed by atoms with Crippen LogP contribution in [0, 0.1) is 13.8 Å². The molecule has 4 nitrogen and oxygen atoms in total. The van der Waals surface area contributed by atoms with Crippen LogP contribution in [-0.2, 0) is 0 Å². The van der Waals surface area contributed by atoms with Crippen LogP contribution in [0.5, 0.6) is 0 Å². The van der Waals surface area contributed by atoms with E-state index in [-0.39, 0.29) is 5.91 Å². The minimum atomic E-state index is 0.0288. The maximum Gasteiger partial charge on any atom is 0.253 e. The van der Waals surface area contributed by atoms with Gasteiger partial charge in [-0.05, 0) is 45.1 Å². The molecule has 0 radical (unpaired) electrons. The van der Waals surface area contributed by atoms with E-state index in [0.29, 0.717) is 17.8 Å². The third kappa shape index (κ3) is 3.47. The molecule has 4 heteroatoms. The van der Waals surface area contributed by atoms with E-state index in [9.17, 15) is 4.79 Å². The van der Waals surface area contributed by atoms with E-state index >= 15 is 0 Å². The van der Waals surface area contributed by atoms with Gasteiger partial charge in [0.15, 0.2) is 0 Å². The second kappa shape index (κ2) is 5.87. The Labute approximate surface area is 109 Å². The van der Waals surface area contributed by atoms with Crippen LogP contribution in [0.25, 0.3) is 0 Å². The molecule has 2 N–H and O–H groups in total. The molecule has 1 amide bonds. The summed E-state index contributed by atoms with van der Waals surface area (Å²) in [6.45, 7) is 5.45. The molecule has 0 aliphatic carbocycles. The minimum absolute atomic E-state index is 0.0288. The lowest BCUT2D eigenvalue weighted by molar-refractivity contribution is 0.0785. The van der Waals surface area contributed by atoms with Crippen LogP contribution in [0.4, 0.5) is 5.69 Å². The number of carbonyl (C=O) groups excluding carboxylic acids is 1. The Kier molecular flexibility index (Phi) is 4.73. The van der Waals surface area contributed by atoms with Crippen molar-refractivity contribution in [2.75, 3.05) is 40.0 Å². The van der Waals surface area contributed by atoms with Gasteiger partial charge in [0.05, 0.1) is 0 Å². The number of anilines is 1. The van der Waals surface area contributed by atoms with Crippen molar-refractivity contribution in [3.8, 4) is 0 Å². The van der Waals surface area contributed by atoms with Crippen molar-refractivity contribution in [1.29, 1.82) is 0 Å². The molecule has 0 saturated heterocycles. The van der Waals surface area contributed by atoms with E-state index in [1.165, 1.54) is 0 Å². The highest BCUT2D eigenvalue weighted by molar-refractivity contribution is 5.96. The fourth-order valence-electron chi connectivity index (χ4n) is 1.76. The topological polar surface area (TPSA) is 49.6 Å². The van der Waals surface area contributed by atoms with Crippen molar-refractivity contribution in [3.05, 3.63) is 28.8 Å². The molecule has 0 aromatic heterocycles. The molecule has 0 unspecified atom stereocenters. The van der Waals surface area contributed by atoms with Gasteiger partial charge in [0.25, 0.3) is 5.91 Å². The zero-order chi connectivity index (χ0) is 13.9. The van der Waals surface area contributed by atoms with E-state index in [4.69, 9.17) is 5.73 Å². The smallest absolute Gasteiger partial charge is 0.253 e. The Balaban J connectivity index is 2.87. The van der Waals surface area contributed by atoms with Crippen LogP contribution < -0.4 is 5.73 Å². The van der Waals surface area contributed by atoms with Gasteiger partial charge in [-0.2, -0.15) is 0 Å². The number of hydrogen-bond donors (Lipinski definition) is 1. The van der Waals surface area contributed by atoms with Gasteiger partial charge >= 0.3 is 0 Å². The first-order valence-electron chi connectivity index (χ1n) is 6.10. The highest BCUT2D eigenvalue weighted by atomic mass is 16.2. The summed E-state index contributed by atoms with van der Waals surface area (Å²) in [5.74, 6) is 0.0288. The minimum Gasteiger partial charge on any atom is -0.398 e. The fraction of sp³-hybridized carbons (Fsp3) is 0.500. The number of benzene rings is 1. The van der Waals surface area contributed by atoms with Gasteiger partial charge in [0.1, 0.15) is 0 Å². The molecular weight excluding hydrogens is 226 g/mol. The molecule has 18 heavy (non-hydrogen) atoms. The summed E-state index contributed by atoms with van der Waals surface area (Å²) in [4.78, 5) is 16.1. The molecule has 0 aliphatic heterocycles. The van der Waals surface area contributed by atoms with E-state index in [1.807, 2.05) is 41.1 Å². The number of carbonyl (C=O) groups is 1. The van der Waals surface area contributed by atoms with E-state index in [2.05, 4.69) is 4.90 Å². The van der Waals surface area contributed by atoms with Crippen LogP contribution in [-0.4, -0.2) is 49.9 Å². The van der Waals surface area contributed by atoms with Gasteiger partial charge in [0, 0.05) is 31.4 Å². The maximum absolute atomic E-state index is 12.3. The Hall–Kier alpha value is -1.55. The van der Waals surface area contributed by atoms with E-state index in [0.717, 1.165) is 17.7 Å². The molecular formula is C14H23N3O. The summed E-state index contributed by atoms with van der Waals surface area (Å²) < 4.78 is 0. The van der Waals surface area contributed by atoms with Crippen molar-refractivity contribution < 1.29 is 4.79 Å². The quantitative estimate of drug-likeness (QED) is 0.823. The van der Waals surface area contributed by atoms with E-state index in [1.54, 1.807) is 11.0 Å². The van der Waals surface area contributed by atoms with Gasteiger partial charge in [-0.3, -0.25) is 4.79 Å². The zero-order valence-corrected chi connectivity index (χ0v) is 11.9. The lowest BCUT2D eigenvalue weighted by atomic mass is 10.0. The highest BCUT2D eigenvalue weighted by Gasteiger charge is 2.15. The zero-order valence-electron chi connectivity index (χ0n) is 11.9. The van der Waals surface area contributed by atoms with Crippen molar-refractivity contribution in [2.24, 2.45) is 0 Å². The molecule has 1 aromatic rings. The molecule has 1 aromatic carbocycles. The third-order valence-electron chi connectivity index (χ3n) is 3.07. The normalized spacial score (nSPS) is 10.8. The first-order chi connectivity index (χ1) is 8.32. The number of aryl methyl sites for hydroxylation is 2. The first-order valence-corrected chi connectivity index (χ1v) is 6.10. The number of likely N-dealkylation sites (N-methyl/N-ethyl adjacent to an activating group) is 2. The number of nitrogens with zero attached hydrogens (tertiary/aromatic N) is 2. The highest BCUT2D eigenvalue weighted by Crippen LogP contribution is 2.19. The number of amides is 1. The monoisotopic (exact) mass is 249 g/mol. The second-order valence-corrected chi connectivity index (χ2v) is 5.05. The predicted molar refractivity (Wildman–Crippen MR) is 75.8 cm³/mol. The summed E-state index contributed by atoms with van der Waals surface area (Å²) in [6, 6.07) is 3.74. The number of nitrogen functional groups attached to an aromatic ring is 1. The fourth-order valence-corrected chi connectivity index (χ4v) is 1.76. The van der Waals surface area contributed by atoms with E-state index < -0.39 is 0 Å². The van der Waals surface area contributed by atoms with Crippen molar-refractivity contribution in [3.63, 3.8) is 0 Å². The molecule has 0 fully saturated rings. The predicted octanol–water partition coefficient (Wildman–Crippen LogP) is 1.52. The van der Waals surface area contributed by atoms with Crippen LogP contribution in [0.1, 0.15) is 21.5 Å². The summed E-state index contributed by atoms with van der Waals surface area (Å²) in [6.07, 6.45) is 0. The van der Waals surface area contributed by atoms with Crippen molar-refractivity contribution in [1.82, 2.24) is 9.80 Å². The van der Waals surface area contributed by atoms with Crippen LogP contribution in [0.15, 0.2) is 12.1 Å². The van der Waals surface area contributed by atoms with Gasteiger partial charge < -0.3 is 15.5 Å². The standard InChI is InChI=1S/C14H23N3O/c1-10-8-11(2)13(15)9-12(10)14(18)17(5)7-6-16(3)4/h8-9H,6-7,15H2,1-5H3. The molecule has 0 heterocycles. The number of rotatable bonds is 4. The SMILES string of the molecule is Cc1cc(C)c(C(=O)N(C)CCN(C)C)cc1N. The average Bonchev–Trinajstić information content (AvgIpc) is 2.29. The van der Waals surface area contributed by atoms with Crippen LogP contribution in [0.3, 0.4) is 0 Å². The molecule has 100 valence electrons. The molecule has 0 saturated carbocycles. The average molecular weight is 249 g/mol. The third-order valence-corrected chi connectivity index (χ3v) is 3.07. The summed E-state index contributed by atoms with van der Waals surface area (Å²) >= 11 is 0. The number of hydrogen-bond acceptors (Lipinski definition) is 3. The van der Waals surface area contributed by atoms with Crippen molar-refractivity contribution in [2.45, 2.75) is 13.8 Å². The number of nitrogens with two attached hydrogens (primary N) is 1. The Morgan fingerprint density at radius 3 is 2.28 bits per heavy atom. The summed E-state index contributed by atoms with van der Waals surface area (Å²) in [7, 11) is 5.81. The second-order valence-electron chi connectivity index (χ2n) is 5.05.